The number of hydrogen-bond acceptors (Lipinski definition) is 1. The Hall–Kier alpha value is -1.13. The van der Waals surface area contributed by atoms with Crippen molar-refractivity contribution in [1.82, 2.24) is 4.98 Å². The van der Waals surface area contributed by atoms with Gasteiger partial charge in [-0.2, -0.15) is 4.39 Å². The van der Waals surface area contributed by atoms with Crippen molar-refractivity contribution in [1.29, 1.82) is 0 Å². The number of aromatic nitrogens is 1. The number of hydrogen-bond donors (Lipinski definition) is 0. The topological polar surface area (TPSA) is 12.9 Å². The maximum Gasteiger partial charge on any atom is 0.273 e. The highest BCUT2D eigenvalue weighted by Gasteiger charge is 2.21. The van der Waals surface area contributed by atoms with Crippen LogP contribution < -0.4 is 0 Å². The molecule has 1 atom stereocenters. The van der Waals surface area contributed by atoms with Gasteiger partial charge in [0.25, 0.3) is 6.43 Å². The molecule has 1 aromatic rings. The average Bonchev–Trinajstić information content (AvgIpc) is 2.04. The Balaban J connectivity index is 2.82. The van der Waals surface area contributed by atoms with E-state index in [-0.39, 0.29) is 5.56 Å². The van der Waals surface area contributed by atoms with Crippen LogP contribution in [0.3, 0.4) is 0 Å². The Morgan fingerprint density at radius 1 is 1.17 bits per heavy atom. The van der Waals surface area contributed by atoms with E-state index in [0.29, 0.717) is 0 Å². The second-order valence-corrected chi connectivity index (χ2v) is 2.15. The van der Waals surface area contributed by atoms with Crippen molar-refractivity contribution in [2.45, 2.75) is 12.6 Å². The lowest BCUT2D eigenvalue weighted by molar-refractivity contribution is 0.0493. The van der Waals surface area contributed by atoms with E-state index >= 15 is 0 Å². The first-order valence-corrected chi connectivity index (χ1v) is 3.15. The molecule has 1 aromatic heterocycles. The minimum Gasteiger partial charge on any atom is -0.236 e. The van der Waals surface area contributed by atoms with Crippen molar-refractivity contribution in [2.24, 2.45) is 0 Å². The summed E-state index contributed by atoms with van der Waals surface area (Å²) in [6.07, 6.45) is -4.73. The van der Waals surface area contributed by atoms with E-state index in [0.717, 1.165) is 18.3 Å². The number of alkyl halides is 3. The molecule has 0 radical (unpaired) electrons. The summed E-state index contributed by atoms with van der Waals surface area (Å²) in [4.78, 5) is 3.04. The first kappa shape index (κ1) is 8.96. The van der Waals surface area contributed by atoms with Crippen molar-refractivity contribution < 1.29 is 17.6 Å². The lowest BCUT2D eigenvalue weighted by atomic mass is 10.2. The molecule has 0 saturated heterocycles. The minimum absolute atomic E-state index is 0.314. The zero-order valence-corrected chi connectivity index (χ0v) is 5.85. The second kappa shape index (κ2) is 3.51. The summed E-state index contributed by atoms with van der Waals surface area (Å²) in [6, 6.07) is 1.78. The van der Waals surface area contributed by atoms with Crippen LogP contribution in [0, 0.1) is 5.95 Å². The molecule has 0 bridgehead atoms. The smallest absolute Gasteiger partial charge is 0.236 e. The predicted molar refractivity (Wildman–Crippen MR) is 34.0 cm³/mol. The summed E-state index contributed by atoms with van der Waals surface area (Å²) in [5.74, 6) is -0.819. The van der Waals surface area contributed by atoms with E-state index < -0.39 is 18.5 Å². The highest BCUT2D eigenvalue weighted by molar-refractivity contribution is 5.13. The van der Waals surface area contributed by atoms with Gasteiger partial charge in [0.2, 0.25) is 5.95 Å². The van der Waals surface area contributed by atoms with Gasteiger partial charge in [-0.3, -0.25) is 0 Å². The van der Waals surface area contributed by atoms with Gasteiger partial charge in [-0.05, 0) is 12.1 Å². The summed E-state index contributed by atoms with van der Waals surface area (Å²) in [7, 11) is 0. The maximum atomic E-state index is 12.5. The van der Waals surface area contributed by atoms with Crippen molar-refractivity contribution >= 4 is 0 Å². The highest BCUT2D eigenvalue weighted by Crippen LogP contribution is 2.23. The summed E-state index contributed by atoms with van der Waals surface area (Å²) in [5.41, 5.74) is -0.314. The first-order chi connectivity index (χ1) is 5.61. The fourth-order valence-corrected chi connectivity index (χ4v) is 0.696. The van der Waals surface area contributed by atoms with Crippen LogP contribution in [-0.2, 0) is 0 Å². The maximum absolute atomic E-state index is 12.5. The van der Waals surface area contributed by atoms with Crippen LogP contribution in [0.5, 0.6) is 0 Å². The van der Waals surface area contributed by atoms with E-state index in [2.05, 4.69) is 4.98 Å². The first-order valence-electron chi connectivity index (χ1n) is 3.15. The molecule has 0 aliphatic heterocycles. The largest absolute Gasteiger partial charge is 0.273 e. The fourth-order valence-electron chi connectivity index (χ4n) is 0.696. The Labute approximate surface area is 66.0 Å². The van der Waals surface area contributed by atoms with Gasteiger partial charge in [0.15, 0.2) is 6.17 Å². The van der Waals surface area contributed by atoms with E-state index in [1.54, 1.807) is 0 Å². The summed E-state index contributed by atoms with van der Waals surface area (Å²) >= 11 is 0. The molecule has 0 aromatic carbocycles. The second-order valence-electron chi connectivity index (χ2n) is 2.15. The van der Waals surface area contributed by atoms with E-state index in [9.17, 15) is 17.6 Å². The summed E-state index contributed by atoms with van der Waals surface area (Å²) in [5, 5.41) is 0. The normalized spacial score (nSPS) is 13.4. The molecule has 1 nitrogen and oxygen atoms in total. The summed E-state index contributed by atoms with van der Waals surface area (Å²) < 4.78 is 48.0. The van der Waals surface area contributed by atoms with Gasteiger partial charge < -0.3 is 0 Å². The minimum atomic E-state index is -3.10. The molecule has 0 aliphatic carbocycles. The van der Waals surface area contributed by atoms with Crippen molar-refractivity contribution in [2.75, 3.05) is 0 Å². The molecule has 0 fully saturated rings. The Morgan fingerprint density at radius 2 is 1.83 bits per heavy atom. The van der Waals surface area contributed by atoms with Crippen molar-refractivity contribution in [3.63, 3.8) is 0 Å². The van der Waals surface area contributed by atoms with Crippen LogP contribution in [0.25, 0.3) is 0 Å². The van der Waals surface area contributed by atoms with E-state index in [1.165, 1.54) is 0 Å². The SMILES string of the molecule is Fc1ccc(C(F)C(F)F)cn1. The van der Waals surface area contributed by atoms with Gasteiger partial charge in [-0.15, -0.1) is 0 Å². The zero-order chi connectivity index (χ0) is 9.14. The van der Waals surface area contributed by atoms with Gasteiger partial charge >= 0.3 is 0 Å². The van der Waals surface area contributed by atoms with Crippen LogP contribution in [0.1, 0.15) is 11.7 Å². The van der Waals surface area contributed by atoms with Gasteiger partial charge in [0.1, 0.15) is 0 Å². The molecular formula is C7H5F4N. The standard InChI is InChI=1S/C7H5F4N/c8-5-2-1-4(3-12-5)6(9)7(10)11/h1-3,6-7H. The van der Waals surface area contributed by atoms with Gasteiger partial charge in [0, 0.05) is 11.8 Å². The monoisotopic (exact) mass is 179 g/mol. The predicted octanol–water partition coefficient (Wildman–Crippen LogP) is 2.50. The Morgan fingerprint density at radius 3 is 2.25 bits per heavy atom. The van der Waals surface area contributed by atoms with Crippen molar-refractivity contribution in [3.8, 4) is 0 Å². The lowest BCUT2D eigenvalue weighted by Gasteiger charge is -2.05. The molecule has 66 valence electrons. The molecule has 0 N–H and O–H groups in total. The Kier molecular flexibility index (Phi) is 2.62. The molecule has 0 amide bonds. The van der Waals surface area contributed by atoms with Crippen LogP contribution in [0.4, 0.5) is 17.6 Å². The number of nitrogens with zero attached hydrogens (tertiary/aromatic N) is 1. The molecule has 0 aliphatic rings. The summed E-state index contributed by atoms with van der Waals surface area (Å²) in [6.45, 7) is 0. The molecule has 1 rings (SSSR count). The number of halogens is 4. The van der Waals surface area contributed by atoms with E-state index in [1.807, 2.05) is 0 Å². The molecular weight excluding hydrogens is 174 g/mol. The molecule has 1 unspecified atom stereocenters. The van der Waals surface area contributed by atoms with Crippen LogP contribution in [0.2, 0.25) is 0 Å². The number of rotatable bonds is 2. The van der Waals surface area contributed by atoms with Crippen LogP contribution in [-0.4, -0.2) is 11.4 Å². The third-order valence-corrected chi connectivity index (χ3v) is 1.29. The number of pyridine rings is 1. The highest BCUT2D eigenvalue weighted by atomic mass is 19.3. The van der Waals surface area contributed by atoms with Gasteiger partial charge in [-0.25, -0.2) is 18.2 Å². The average molecular weight is 179 g/mol. The molecule has 1 heterocycles. The third kappa shape index (κ3) is 1.93. The van der Waals surface area contributed by atoms with Crippen molar-refractivity contribution in [3.05, 3.63) is 29.8 Å². The quantitative estimate of drug-likeness (QED) is 0.502. The van der Waals surface area contributed by atoms with Gasteiger partial charge in [0.05, 0.1) is 0 Å². The third-order valence-electron chi connectivity index (χ3n) is 1.29. The molecule has 0 spiro atoms. The van der Waals surface area contributed by atoms with Crippen LogP contribution in [0.15, 0.2) is 18.3 Å². The Bertz CT molecular complexity index is 246. The molecule has 0 saturated carbocycles. The molecule has 12 heavy (non-hydrogen) atoms. The van der Waals surface area contributed by atoms with E-state index in [4.69, 9.17) is 0 Å². The zero-order valence-electron chi connectivity index (χ0n) is 5.85. The molecule has 5 heteroatoms. The van der Waals surface area contributed by atoms with Crippen LogP contribution >= 0.6 is 0 Å². The fraction of sp³-hybridized carbons (Fsp3) is 0.286. The van der Waals surface area contributed by atoms with Gasteiger partial charge in [-0.1, -0.05) is 0 Å². The lowest BCUT2D eigenvalue weighted by Crippen LogP contribution is -2.03.